The van der Waals surface area contributed by atoms with Gasteiger partial charge >= 0.3 is 0 Å². The van der Waals surface area contributed by atoms with Crippen LogP contribution in [0.25, 0.3) is 11.0 Å². The molecule has 2 aromatic heterocycles. The minimum atomic E-state index is -3.61. The number of H-pyrrole nitrogens is 1. The van der Waals surface area contributed by atoms with Gasteiger partial charge in [-0.3, -0.25) is 5.10 Å². The highest BCUT2D eigenvalue weighted by Gasteiger charge is 2.53. The number of hydrogen-bond acceptors (Lipinski definition) is 4. The van der Waals surface area contributed by atoms with Crippen LogP contribution in [0.2, 0.25) is 0 Å². The number of nitrogens with one attached hydrogen (secondary N) is 1. The average molecular weight is 334 g/mol. The molecule has 6 nitrogen and oxygen atoms in total. The molecule has 7 heteroatoms. The van der Waals surface area contributed by atoms with E-state index in [9.17, 15) is 8.42 Å². The molecule has 2 aliphatic rings. The minimum Gasteiger partial charge on any atom is -0.259 e. The molecule has 1 saturated carbocycles. The van der Waals surface area contributed by atoms with E-state index in [1.165, 1.54) is 0 Å². The van der Waals surface area contributed by atoms with Gasteiger partial charge in [0.2, 0.25) is 5.03 Å². The lowest BCUT2D eigenvalue weighted by Crippen LogP contribution is -2.37. The van der Waals surface area contributed by atoms with Gasteiger partial charge in [0.1, 0.15) is 0 Å². The summed E-state index contributed by atoms with van der Waals surface area (Å²) in [4.78, 5) is 4.14. The van der Waals surface area contributed by atoms with Crippen LogP contribution in [0, 0.1) is 10.8 Å². The second kappa shape index (κ2) is 4.54. The molecule has 1 saturated heterocycles. The third kappa shape index (κ3) is 2.29. The van der Waals surface area contributed by atoms with E-state index in [2.05, 4.69) is 36.0 Å². The third-order valence-electron chi connectivity index (χ3n) is 5.22. The zero-order valence-corrected chi connectivity index (χ0v) is 14.5. The summed E-state index contributed by atoms with van der Waals surface area (Å²) >= 11 is 0. The van der Waals surface area contributed by atoms with E-state index in [1.54, 1.807) is 22.6 Å². The van der Waals surface area contributed by atoms with Crippen LogP contribution < -0.4 is 0 Å². The van der Waals surface area contributed by atoms with Crippen LogP contribution >= 0.6 is 0 Å². The van der Waals surface area contributed by atoms with Gasteiger partial charge in [0.15, 0.2) is 5.65 Å². The number of rotatable bonds is 2. The summed E-state index contributed by atoms with van der Waals surface area (Å²) in [7, 11) is -3.61. The largest absolute Gasteiger partial charge is 0.263 e. The van der Waals surface area contributed by atoms with Gasteiger partial charge in [-0.2, -0.15) is 9.40 Å². The molecular formula is C16H22N4O2S. The fourth-order valence-electron chi connectivity index (χ4n) is 4.83. The Hall–Kier alpha value is -1.47. The van der Waals surface area contributed by atoms with E-state index in [0.29, 0.717) is 17.6 Å². The summed E-state index contributed by atoms with van der Waals surface area (Å²) in [5.74, 6) is 0. The fraction of sp³-hybridized carbons (Fsp3) is 0.625. The molecular weight excluding hydrogens is 312 g/mol. The van der Waals surface area contributed by atoms with Crippen molar-refractivity contribution in [2.24, 2.45) is 10.8 Å². The molecule has 0 amide bonds. The lowest BCUT2D eigenvalue weighted by Gasteiger charge is -2.39. The van der Waals surface area contributed by atoms with Crippen LogP contribution in [0.1, 0.15) is 40.0 Å². The fourth-order valence-corrected chi connectivity index (χ4v) is 6.68. The molecule has 0 spiro atoms. The van der Waals surface area contributed by atoms with E-state index in [-0.39, 0.29) is 21.9 Å². The Labute approximate surface area is 136 Å². The molecule has 3 heterocycles. The molecule has 0 aromatic carbocycles. The summed E-state index contributed by atoms with van der Waals surface area (Å²) in [5, 5.41) is 7.48. The van der Waals surface area contributed by atoms with E-state index < -0.39 is 10.0 Å². The number of fused-ring (bicyclic) bond motifs is 3. The topological polar surface area (TPSA) is 79.0 Å². The molecule has 1 N–H and O–H groups in total. The van der Waals surface area contributed by atoms with Gasteiger partial charge in [-0.15, -0.1) is 0 Å². The van der Waals surface area contributed by atoms with E-state index in [1.807, 2.05) is 0 Å². The first-order chi connectivity index (χ1) is 10.7. The third-order valence-corrected chi connectivity index (χ3v) is 7.07. The highest BCUT2D eigenvalue weighted by molar-refractivity contribution is 7.89. The number of aromatic nitrogens is 3. The maximum Gasteiger partial charge on any atom is 0.263 e. The molecule has 1 unspecified atom stereocenters. The Balaban J connectivity index is 1.78. The normalized spacial score (nSPS) is 30.8. The quantitative estimate of drug-likeness (QED) is 0.915. The predicted octanol–water partition coefficient (Wildman–Crippen LogP) is 2.55. The van der Waals surface area contributed by atoms with Crippen molar-refractivity contribution >= 4 is 21.1 Å². The summed E-state index contributed by atoms with van der Waals surface area (Å²) in [5.41, 5.74) is 0.751. The van der Waals surface area contributed by atoms with Gasteiger partial charge in [-0.05, 0) is 42.2 Å². The van der Waals surface area contributed by atoms with E-state index in [0.717, 1.165) is 19.3 Å². The molecule has 2 atom stereocenters. The van der Waals surface area contributed by atoms with Crippen LogP contribution in [0.4, 0.5) is 0 Å². The minimum absolute atomic E-state index is 0.0594. The van der Waals surface area contributed by atoms with E-state index >= 15 is 0 Å². The first-order valence-electron chi connectivity index (χ1n) is 8.01. The van der Waals surface area contributed by atoms with Gasteiger partial charge in [0, 0.05) is 18.8 Å². The van der Waals surface area contributed by atoms with Crippen molar-refractivity contribution in [2.75, 3.05) is 6.54 Å². The second-order valence-corrected chi connectivity index (χ2v) is 10.00. The maximum atomic E-state index is 13.2. The van der Waals surface area contributed by atoms with Crippen LogP contribution in [-0.2, 0) is 10.0 Å². The van der Waals surface area contributed by atoms with Crippen LogP contribution in [0.3, 0.4) is 0 Å². The average Bonchev–Trinajstić information content (AvgIpc) is 2.97. The summed E-state index contributed by atoms with van der Waals surface area (Å²) in [6, 6.07) is 3.56. The lowest BCUT2D eigenvalue weighted by molar-refractivity contribution is 0.133. The second-order valence-electron chi connectivity index (χ2n) is 8.19. The van der Waals surface area contributed by atoms with Gasteiger partial charge in [0.05, 0.1) is 5.39 Å². The Morgan fingerprint density at radius 3 is 2.87 bits per heavy atom. The number of pyridine rings is 1. The monoisotopic (exact) mass is 334 g/mol. The number of nitrogens with zero attached hydrogens (tertiary/aromatic N) is 3. The molecule has 4 rings (SSSR count). The molecule has 0 radical (unpaired) electrons. The Morgan fingerprint density at radius 1 is 1.30 bits per heavy atom. The molecule has 2 fully saturated rings. The number of hydrogen-bond donors (Lipinski definition) is 1. The Bertz CT molecular complexity index is 873. The highest BCUT2D eigenvalue weighted by atomic mass is 32.2. The lowest BCUT2D eigenvalue weighted by atomic mass is 9.65. The molecule has 2 aromatic rings. The molecule has 1 aliphatic heterocycles. The van der Waals surface area contributed by atoms with Gasteiger partial charge in [-0.25, -0.2) is 13.4 Å². The number of aromatic amines is 1. The van der Waals surface area contributed by atoms with Crippen LogP contribution in [0.5, 0.6) is 0 Å². The van der Waals surface area contributed by atoms with Gasteiger partial charge < -0.3 is 0 Å². The first kappa shape index (κ1) is 15.1. The highest BCUT2D eigenvalue weighted by Crippen LogP contribution is 2.53. The van der Waals surface area contributed by atoms with Crippen molar-refractivity contribution in [3.8, 4) is 0 Å². The molecule has 124 valence electrons. The van der Waals surface area contributed by atoms with Crippen molar-refractivity contribution in [1.82, 2.24) is 19.5 Å². The zero-order valence-electron chi connectivity index (χ0n) is 13.7. The van der Waals surface area contributed by atoms with E-state index in [4.69, 9.17) is 0 Å². The Kier molecular flexibility index (Phi) is 2.98. The van der Waals surface area contributed by atoms with Crippen molar-refractivity contribution in [2.45, 2.75) is 51.1 Å². The zero-order chi connectivity index (χ0) is 16.5. The maximum absolute atomic E-state index is 13.2. The smallest absolute Gasteiger partial charge is 0.259 e. The van der Waals surface area contributed by atoms with Crippen molar-refractivity contribution in [3.63, 3.8) is 0 Å². The number of sulfonamides is 1. The van der Waals surface area contributed by atoms with Crippen molar-refractivity contribution < 1.29 is 8.42 Å². The summed E-state index contributed by atoms with van der Waals surface area (Å²) < 4.78 is 28.1. The van der Waals surface area contributed by atoms with Gasteiger partial charge in [-0.1, -0.05) is 20.8 Å². The Morgan fingerprint density at radius 2 is 2.09 bits per heavy atom. The first-order valence-corrected chi connectivity index (χ1v) is 9.45. The van der Waals surface area contributed by atoms with Crippen molar-refractivity contribution in [3.05, 3.63) is 18.3 Å². The summed E-state index contributed by atoms with van der Waals surface area (Å²) in [6.45, 7) is 7.27. The summed E-state index contributed by atoms with van der Waals surface area (Å²) in [6.07, 6.45) is 4.54. The molecule has 1 aliphatic carbocycles. The molecule has 23 heavy (non-hydrogen) atoms. The van der Waals surface area contributed by atoms with Crippen molar-refractivity contribution in [1.29, 1.82) is 0 Å². The van der Waals surface area contributed by atoms with Gasteiger partial charge in [0.25, 0.3) is 10.0 Å². The molecule has 2 bridgehead atoms. The predicted molar refractivity (Wildman–Crippen MR) is 87.3 cm³/mol. The SMILES string of the molecule is CC1(C)CC2C[C@](C)(CN2S(=O)(=O)c2n[nH]c3ncccc23)C1. The van der Waals surface area contributed by atoms with Crippen LogP contribution in [-0.4, -0.2) is 40.5 Å². The van der Waals surface area contributed by atoms with Crippen LogP contribution in [0.15, 0.2) is 23.4 Å². The standard InChI is InChI=1S/C16H22N4O2S/c1-15(2)7-11-8-16(3,9-15)10-20(11)23(21,22)14-12-5-4-6-17-13(12)18-19-14/h4-6,11H,7-10H2,1-3H3,(H,17,18,19)/t11?,16-/m0/s1.